The number of aromatic nitrogens is 1. The largest absolute Gasteiger partial charge is 0.298 e. The minimum absolute atomic E-state index is 0.226. The lowest BCUT2D eigenvalue weighted by molar-refractivity contribution is 0.108. The molecule has 3 nitrogen and oxygen atoms in total. The first-order chi connectivity index (χ1) is 5.77. The monoisotopic (exact) mass is 199 g/mol. The first kappa shape index (κ1) is 9.28. The SMILES string of the molecule is O=Cc1ccc(C(=O)SS)nc1. The summed E-state index contributed by atoms with van der Waals surface area (Å²) in [5.74, 6) is 0. The number of hydrogen-bond donors (Lipinski definition) is 1. The number of hydrogen-bond acceptors (Lipinski definition) is 5. The molecular weight excluding hydrogens is 194 g/mol. The third kappa shape index (κ3) is 2.09. The fourth-order valence-corrected chi connectivity index (χ4v) is 1.14. The molecule has 1 aromatic heterocycles. The molecule has 12 heavy (non-hydrogen) atoms. The van der Waals surface area contributed by atoms with Gasteiger partial charge in [-0.1, -0.05) is 0 Å². The maximum atomic E-state index is 10.9. The Morgan fingerprint density at radius 2 is 2.33 bits per heavy atom. The van der Waals surface area contributed by atoms with Gasteiger partial charge in [-0.3, -0.25) is 14.6 Å². The van der Waals surface area contributed by atoms with Crippen molar-refractivity contribution in [2.75, 3.05) is 0 Å². The zero-order valence-corrected chi connectivity index (χ0v) is 7.64. The lowest BCUT2D eigenvalue weighted by Crippen LogP contribution is -1.95. The van der Waals surface area contributed by atoms with E-state index in [4.69, 9.17) is 0 Å². The molecule has 0 saturated heterocycles. The van der Waals surface area contributed by atoms with Gasteiger partial charge in [0.05, 0.1) is 0 Å². The molecule has 1 aromatic rings. The van der Waals surface area contributed by atoms with Gasteiger partial charge in [0.1, 0.15) is 5.69 Å². The summed E-state index contributed by atoms with van der Waals surface area (Å²) in [6.07, 6.45) is 2.03. The average molecular weight is 199 g/mol. The van der Waals surface area contributed by atoms with E-state index in [1.165, 1.54) is 18.3 Å². The molecule has 0 unspecified atom stereocenters. The Kier molecular flexibility index (Phi) is 3.31. The summed E-state index contributed by atoms with van der Waals surface area (Å²) < 4.78 is 0. The van der Waals surface area contributed by atoms with Crippen molar-refractivity contribution in [3.05, 3.63) is 29.6 Å². The van der Waals surface area contributed by atoms with Crippen LogP contribution in [0.1, 0.15) is 20.8 Å². The maximum absolute atomic E-state index is 10.9. The van der Waals surface area contributed by atoms with Gasteiger partial charge in [-0.15, -0.1) is 11.7 Å². The molecule has 5 heteroatoms. The quantitative estimate of drug-likeness (QED) is 0.446. The molecule has 0 aliphatic rings. The Morgan fingerprint density at radius 1 is 1.58 bits per heavy atom. The Hall–Kier alpha value is -0.810. The van der Waals surface area contributed by atoms with E-state index >= 15 is 0 Å². The van der Waals surface area contributed by atoms with Crippen LogP contribution in [0.15, 0.2) is 18.3 Å². The fraction of sp³-hybridized carbons (Fsp3) is 0. The van der Waals surface area contributed by atoms with E-state index in [2.05, 4.69) is 16.6 Å². The van der Waals surface area contributed by atoms with Crippen LogP contribution in [-0.4, -0.2) is 16.4 Å². The second kappa shape index (κ2) is 4.27. The van der Waals surface area contributed by atoms with Gasteiger partial charge in [-0.2, -0.15) is 0 Å². The predicted octanol–water partition coefficient (Wildman–Crippen LogP) is 1.61. The summed E-state index contributed by atoms with van der Waals surface area (Å²) in [4.78, 5) is 24.9. The molecule has 0 radical (unpaired) electrons. The van der Waals surface area contributed by atoms with Crippen LogP contribution in [0.4, 0.5) is 0 Å². The van der Waals surface area contributed by atoms with Crippen LogP contribution in [0, 0.1) is 0 Å². The Labute approximate surface area is 78.4 Å². The molecule has 0 bridgehead atoms. The number of carbonyl (C=O) groups is 2. The molecule has 0 N–H and O–H groups in total. The average Bonchev–Trinajstić information content (AvgIpc) is 2.17. The van der Waals surface area contributed by atoms with Crippen molar-refractivity contribution in [1.82, 2.24) is 4.98 Å². The highest BCUT2D eigenvalue weighted by molar-refractivity contribution is 8.75. The highest BCUT2D eigenvalue weighted by Crippen LogP contribution is 2.13. The summed E-state index contributed by atoms with van der Waals surface area (Å²) in [7, 11) is 0.796. The van der Waals surface area contributed by atoms with E-state index in [0.717, 1.165) is 10.8 Å². The predicted molar refractivity (Wildman–Crippen MR) is 50.5 cm³/mol. The van der Waals surface area contributed by atoms with Gasteiger partial charge in [0.25, 0.3) is 0 Å². The molecule has 1 heterocycles. The first-order valence-electron chi connectivity index (χ1n) is 3.05. The number of rotatable bonds is 2. The van der Waals surface area contributed by atoms with Crippen LogP contribution in [0.3, 0.4) is 0 Å². The molecule has 0 saturated carbocycles. The van der Waals surface area contributed by atoms with Crippen molar-refractivity contribution in [2.45, 2.75) is 0 Å². The summed E-state index contributed by atoms with van der Waals surface area (Å²) in [5.41, 5.74) is 0.760. The first-order valence-corrected chi connectivity index (χ1v) is 4.92. The third-order valence-electron chi connectivity index (χ3n) is 1.21. The van der Waals surface area contributed by atoms with E-state index in [1.807, 2.05) is 0 Å². The highest BCUT2D eigenvalue weighted by atomic mass is 33.1. The zero-order valence-electron chi connectivity index (χ0n) is 5.93. The maximum Gasteiger partial charge on any atom is 0.247 e. The second-order valence-corrected chi connectivity index (χ2v) is 3.07. The van der Waals surface area contributed by atoms with Gasteiger partial charge in [0.2, 0.25) is 5.12 Å². The van der Waals surface area contributed by atoms with Crippen LogP contribution in [0.5, 0.6) is 0 Å². The standard InChI is InChI=1S/C7H5NO2S2/c9-4-5-1-2-6(8-3-5)7(10)12-11/h1-4,11H. The Bertz CT molecular complexity index is 297. The Morgan fingerprint density at radius 3 is 2.75 bits per heavy atom. The van der Waals surface area contributed by atoms with Gasteiger partial charge in [-0.05, 0) is 22.9 Å². The summed E-state index contributed by atoms with van der Waals surface area (Å²) in [6.45, 7) is 0. The van der Waals surface area contributed by atoms with Gasteiger partial charge in [0, 0.05) is 11.8 Å². The number of nitrogens with zero attached hydrogens (tertiary/aromatic N) is 1. The number of thiol groups is 1. The van der Waals surface area contributed by atoms with E-state index < -0.39 is 0 Å². The van der Waals surface area contributed by atoms with E-state index in [-0.39, 0.29) is 5.12 Å². The molecule has 62 valence electrons. The normalized spacial score (nSPS) is 9.42. The minimum atomic E-state index is -0.226. The van der Waals surface area contributed by atoms with Gasteiger partial charge in [-0.25, -0.2) is 0 Å². The topological polar surface area (TPSA) is 47.0 Å². The van der Waals surface area contributed by atoms with Gasteiger partial charge < -0.3 is 0 Å². The summed E-state index contributed by atoms with van der Waals surface area (Å²) in [5, 5.41) is -0.226. The highest BCUT2D eigenvalue weighted by Gasteiger charge is 2.04. The van der Waals surface area contributed by atoms with Crippen LogP contribution >= 0.6 is 22.5 Å². The summed E-state index contributed by atoms with van der Waals surface area (Å²) in [6, 6.07) is 3.03. The molecule has 0 amide bonds. The van der Waals surface area contributed by atoms with Crippen LogP contribution in [0.25, 0.3) is 0 Å². The minimum Gasteiger partial charge on any atom is -0.298 e. The molecule has 0 atom stereocenters. The number of pyridine rings is 1. The number of carbonyl (C=O) groups excluding carboxylic acids is 2. The van der Waals surface area contributed by atoms with E-state index in [0.29, 0.717) is 17.5 Å². The van der Waals surface area contributed by atoms with Crippen molar-refractivity contribution < 1.29 is 9.59 Å². The molecule has 0 fully saturated rings. The smallest absolute Gasteiger partial charge is 0.247 e. The van der Waals surface area contributed by atoms with Crippen LogP contribution < -0.4 is 0 Å². The molecule has 0 spiro atoms. The third-order valence-corrected chi connectivity index (χ3v) is 2.09. The van der Waals surface area contributed by atoms with E-state index in [9.17, 15) is 9.59 Å². The second-order valence-electron chi connectivity index (χ2n) is 1.97. The zero-order chi connectivity index (χ0) is 8.97. The van der Waals surface area contributed by atoms with E-state index in [1.54, 1.807) is 0 Å². The van der Waals surface area contributed by atoms with Crippen molar-refractivity contribution in [1.29, 1.82) is 0 Å². The lowest BCUT2D eigenvalue weighted by Gasteiger charge is -1.94. The van der Waals surface area contributed by atoms with Gasteiger partial charge >= 0.3 is 0 Å². The number of aldehydes is 1. The molecule has 0 aromatic carbocycles. The van der Waals surface area contributed by atoms with Crippen molar-refractivity contribution in [3.63, 3.8) is 0 Å². The molecule has 0 aliphatic carbocycles. The van der Waals surface area contributed by atoms with Crippen molar-refractivity contribution in [2.24, 2.45) is 0 Å². The Balaban J connectivity index is 2.91. The summed E-state index contributed by atoms with van der Waals surface area (Å²) >= 11 is 3.73. The molecule has 1 rings (SSSR count). The van der Waals surface area contributed by atoms with Gasteiger partial charge in [0.15, 0.2) is 6.29 Å². The van der Waals surface area contributed by atoms with Crippen molar-refractivity contribution >= 4 is 33.9 Å². The fourth-order valence-electron chi connectivity index (χ4n) is 0.643. The van der Waals surface area contributed by atoms with Crippen LogP contribution in [0.2, 0.25) is 0 Å². The van der Waals surface area contributed by atoms with Crippen LogP contribution in [-0.2, 0) is 0 Å². The molecular formula is C7H5NO2S2. The lowest BCUT2D eigenvalue weighted by atomic mass is 10.3. The van der Waals surface area contributed by atoms with Crippen molar-refractivity contribution in [3.8, 4) is 0 Å². The molecule has 0 aliphatic heterocycles.